The van der Waals surface area contributed by atoms with Crippen LogP contribution < -0.4 is 0 Å². The molecule has 0 saturated heterocycles. The van der Waals surface area contributed by atoms with Gasteiger partial charge < -0.3 is 4.74 Å². The van der Waals surface area contributed by atoms with E-state index in [2.05, 4.69) is 11.7 Å². The van der Waals surface area contributed by atoms with Crippen LogP contribution in [0.1, 0.15) is 51.9 Å². The molecule has 3 heteroatoms. The molecule has 0 spiro atoms. The van der Waals surface area contributed by atoms with Gasteiger partial charge in [0, 0.05) is 11.8 Å². The lowest BCUT2D eigenvalue weighted by molar-refractivity contribution is -0.140. The number of halogens is 1. The van der Waals surface area contributed by atoms with Crippen molar-refractivity contribution in [1.82, 2.24) is 0 Å². The predicted molar refractivity (Wildman–Crippen MR) is 59.7 cm³/mol. The van der Waals surface area contributed by atoms with E-state index in [-0.39, 0.29) is 11.3 Å². The van der Waals surface area contributed by atoms with E-state index in [0.717, 1.165) is 12.8 Å². The molecule has 0 bridgehead atoms. The molecule has 0 heterocycles. The maximum Gasteiger partial charge on any atom is 0.305 e. The molecule has 0 fully saturated rings. The maximum atomic E-state index is 10.8. The third-order valence-corrected chi connectivity index (χ3v) is 2.70. The topological polar surface area (TPSA) is 26.3 Å². The molecule has 0 aliphatic heterocycles. The van der Waals surface area contributed by atoms with Gasteiger partial charge >= 0.3 is 5.97 Å². The van der Waals surface area contributed by atoms with Gasteiger partial charge in [0.25, 0.3) is 0 Å². The standard InChI is InChI=1S/C11H21ClO2/c1-3-4-5-6-7-10(12)8-9-11(13)14-2/h10H,3-9H2,1-2H3. The van der Waals surface area contributed by atoms with Crippen LogP contribution in [0.2, 0.25) is 0 Å². The van der Waals surface area contributed by atoms with Gasteiger partial charge in [-0.3, -0.25) is 4.79 Å². The molecular weight excluding hydrogens is 200 g/mol. The van der Waals surface area contributed by atoms with Crippen molar-refractivity contribution < 1.29 is 9.53 Å². The molecule has 0 aliphatic rings. The van der Waals surface area contributed by atoms with Gasteiger partial charge in [-0.25, -0.2) is 0 Å². The molecule has 0 amide bonds. The minimum atomic E-state index is -0.163. The molecule has 84 valence electrons. The Hall–Kier alpha value is -0.240. The molecule has 0 radical (unpaired) electrons. The molecule has 0 aliphatic carbocycles. The van der Waals surface area contributed by atoms with Crippen molar-refractivity contribution in [3.63, 3.8) is 0 Å². The van der Waals surface area contributed by atoms with E-state index in [1.165, 1.54) is 32.8 Å². The normalized spacial score (nSPS) is 12.5. The summed E-state index contributed by atoms with van der Waals surface area (Å²) >= 11 is 6.05. The second-order valence-corrected chi connectivity index (χ2v) is 4.18. The van der Waals surface area contributed by atoms with E-state index in [4.69, 9.17) is 11.6 Å². The van der Waals surface area contributed by atoms with Crippen LogP contribution in [0.4, 0.5) is 0 Å². The van der Waals surface area contributed by atoms with Gasteiger partial charge in [0.2, 0.25) is 0 Å². The summed E-state index contributed by atoms with van der Waals surface area (Å²) in [5.74, 6) is -0.163. The zero-order valence-corrected chi connectivity index (χ0v) is 9.98. The SMILES string of the molecule is CCCCCCC(Cl)CCC(=O)OC. The molecule has 1 atom stereocenters. The van der Waals surface area contributed by atoms with Crippen LogP contribution in [-0.2, 0) is 9.53 Å². The van der Waals surface area contributed by atoms with Crippen molar-refractivity contribution in [2.24, 2.45) is 0 Å². The van der Waals surface area contributed by atoms with Crippen LogP contribution in [0.5, 0.6) is 0 Å². The van der Waals surface area contributed by atoms with Crippen LogP contribution in [0.25, 0.3) is 0 Å². The van der Waals surface area contributed by atoms with E-state index in [1.54, 1.807) is 0 Å². The van der Waals surface area contributed by atoms with Crippen LogP contribution >= 0.6 is 11.6 Å². The molecule has 0 saturated carbocycles. The van der Waals surface area contributed by atoms with Gasteiger partial charge in [0.1, 0.15) is 0 Å². The average Bonchev–Trinajstić information content (AvgIpc) is 2.21. The smallest absolute Gasteiger partial charge is 0.305 e. The lowest BCUT2D eigenvalue weighted by Crippen LogP contribution is -2.05. The highest BCUT2D eigenvalue weighted by Crippen LogP contribution is 2.15. The molecule has 0 aromatic carbocycles. The molecule has 0 aromatic rings. The zero-order chi connectivity index (χ0) is 10.8. The van der Waals surface area contributed by atoms with Gasteiger partial charge in [-0.15, -0.1) is 11.6 Å². The number of unbranched alkanes of at least 4 members (excludes halogenated alkanes) is 3. The number of methoxy groups -OCH3 is 1. The Bertz CT molecular complexity index is 148. The maximum absolute atomic E-state index is 10.8. The van der Waals surface area contributed by atoms with Crippen LogP contribution in [0.3, 0.4) is 0 Å². The van der Waals surface area contributed by atoms with Gasteiger partial charge in [0.15, 0.2) is 0 Å². The summed E-state index contributed by atoms with van der Waals surface area (Å²) in [4.78, 5) is 10.8. The summed E-state index contributed by atoms with van der Waals surface area (Å²) in [6, 6.07) is 0. The summed E-state index contributed by atoms with van der Waals surface area (Å²) in [7, 11) is 1.41. The predicted octanol–water partition coefficient (Wildman–Crippen LogP) is 3.52. The lowest BCUT2D eigenvalue weighted by Gasteiger charge is -2.07. The molecule has 0 aromatic heterocycles. The number of carbonyl (C=O) groups is 1. The molecule has 0 rings (SSSR count). The van der Waals surface area contributed by atoms with Gasteiger partial charge in [0.05, 0.1) is 7.11 Å². The van der Waals surface area contributed by atoms with E-state index in [1.807, 2.05) is 0 Å². The summed E-state index contributed by atoms with van der Waals surface area (Å²) < 4.78 is 4.55. The highest BCUT2D eigenvalue weighted by Gasteiger charge is 2.07. The Morgan fingerprint density at radius 2 is 2.00 bits per heavy atom. The van der Waals surface area contributed by atoms with Crippen molar-refractivity contribution in [2.45, 2.75) is 57.2 Å². The fraction of sp³-hybridized carbons (Fsp3) is 0.909. The van der Waals surface area contributed by atoms with E-state index < -0.39 is 0 Å². The molecule has 2 nitrogen and oxygen atoms in total. The van der Waals surface area contributed by atoms with E-state index in [9.17, 15) is 4.79 Å². The minimum absolute atomic E-state index is 0.131. The van der Waals surface area contributed by atoms with Crippen LogP contribution in [0, 0.1) is 0 Å². The number of hydrogen-bond donors (Lipinski definition) is 0. The quantitative estimate of drug-likeness (QED) is 0.356. The lowest BCUT2D eigenvalue weighted by atomic mass is 10.1. The first-order valence-electron chi connectivity index (χ1n) is 5.41. The van der Waals surface area contributed by atoms with E-state index in [0.29, 0.717) is 6.42 Å². The molecule has 14 heavy (non-hydrogen) atoms. The molecular formula is C11H21ClO2. The Morgan fingerprint density at radius 1 is 1.29 bits per heavy atom. The first kappa shape index (κ1) is 13.8. The minimum Gasteiger partial charge on any atom is -0.469 e. The van der Waals surface area contributed by atoms with Crippen LogP contribution in [0.15, 0.2) is 0 Å². The monoisotopic (exact) mass is 220 g/mol. The van der Waals surface area contributed by atoms with Crippen LogP contribution in [-0.4, -0.2) is 18.5 Å². The molecule has 0 N–H and O–H groups in total. The number of alkyl halides is 1. The van der Waals surface area contributed by atoms with Gasteiger partial charge in [-0.2, -0.15) is 0 Å². The van der Waals surface area contributed by atoms with E-state index >= 15 is 0 Å². The number of rotatable bonds is 8. The first-order chi connectivity index (χ1) is 6.70. The summed E-state index contributed by atoms with van der Waals surface area (Å²) in [6.07, 6.45) is 7.13. The zero-order valence-electron chi connectivity index (χ0n) is 9.22. The largest absolute Gasteiger partial charge is 0.469 e. The average molecular weight is 221 g/mol. The summed E-state index contributed by atoms with van der Waals surface area (Å²) in [5, 5.41) is 0.131. The number of esters is 1. The van der Waals surface area contributed by atoms with Gasteiger partial charge in [-0.1, -0.05) is 32.6 Å². The highest BCUT2D eigenvalue weighted by atomic mass is 35.5. The van der Waals surface area contributed by atoms with Crippen molar-refractivity contribution >= 4 is 17.6 Å². The Labute approximate surface area is 92.0 Å². The second-order valence-electron chi connectivity index (χ2n) is 3.56. The molecule has 1 unspecified atom stereocenters. The Morgan fingerprint density at radius 3 is 2.57 bits per heavy atom. The Balaban J connectivity index is 3.27. The number of hydrogen-bond acceptors (Lipinski definition) is 2. The number of carbonyl (C=O) groups excluding carboxylic acids is 1. The third-order valence-electron chi connectivity index (χ3n) is 2.26. The van der Waals surface area contributed by atoms with Crippen molar-refractivity contribution in [3.8, 4) is 0 Å². The third kappa shape index (κ3) is 8.36. The Kier molecular flexibility index (Phi) is 9.16. The van der Waals surface area contributed by atoms with Crippen molar-refractivity contribution in [1.29, 1.82) is 0 Å². The summed E-state index contributed by atoms with van der Waals surface area (Å²) in [5.41, 5.74) is 0. The fourth-order valence-corrected chi connectivity index (χ4v) is 1.58. The highest BCUT2D eigenvalue weighted by molar-refractivity contribution is 6.20. The number of ether oxygens (including phenoxy) is 1. The summed E-state index contributed by atoms with van der Waals surface area (Å²) in [6.45, 7) is 2.19. The first-order valence-corrected chi connectivity index (χ1v) is 5.85. The van der Waals surface area contributed by atoms with Crippen molar-refractivity contribution in [2.75, 3.05) is 7.11 Å². The van der Waals surface area contributed by atoms with Crippen molar-refractivity contribution in [3.05, 3.63) is 0 Å². The second kappa shape index (κ2) is 9.32. The fourth-order valence-electron chi connectivity index (χ4n) is 1.31. The van der Waals surface area contributed by atoms with Gasteiger partial charge in [-0.05, 0) is 12.8 Å².